The number of primary amides is 1. The average Bonchev–Trinajstić information content (AvgIpc) is 2.29. The third-order valence-corrected chi connectivity index (χ3v) is 3.69. The van der Waals surface area contributed by atoms with Crippen LogP contribution in [-0.2, 0) is 9.59 Å². The van der Waals surface area contributed by atoms with Crippen molar-refractivity contribution in [1.82, 2.24) is 5.32 Å². The molecular formula is C12H22N4O3. The van der Waals surface area contributed by atoms with E-state index in [1.807, 2.05) is 6.92 Å². The van der Waals surface area contributed by atoms with Gasteiger partial charge < -0.3 is 22.0 Å². The van der Waals surface area contributed by atoms with Gasteiger partial charge in [0, 0.05) is 0 Å². The Morgan fingerprint density at radius 3 is 2.21 bits per heavy atom. The molecular weight excluding hydrogens is 248 g/mol. The lowest BCUT2D eigenvalue weighted by Gasteiger charge is -2.44. The highest BCUT2D eigenvalue weighted by molar-refractivity contribution is 6.08. The quantitative estimate of drug-likeness (QED) is 0.238. The van der Waals surface area contributed by atoms with Gasteiger partial charge in [0.1, 0.15) is 11.5 Å². The highest BCUT2D eigenvalue weighted by Gasteiger charge is 2.52. The molecule has 1 unspecified atom stereocenters. The van der Waals surface area contributed by atoms with Gasteiger partial charge in [0.05, 0.1) is 0 Å². The molecule has 1 aliphatic carbocycles. The van der Waals surface area contributed by atoms with Crippen LogP contribution in [0.3, 0.4) is 0 Å². The van der Waals surface area contributed by atoms with Crippen LogP contribution in [-0.4, -0.2) is 28.9 Å². The Balaban J connectivity index is 2.88. The van der Waals surface area contributed by atoms with Gasteiger partial charge in [-0.3, -0.25) is 9.59 Å². The van der Waals surface area contributed by atoms with Gasteiger partial charge in [-0.1, -0.05) is 25.9 Å². The second kappa shape index (κ2) is 5.46. The van der Waals surface area contributed by atoms with E-state index >= 15 is 0 Å². The maximum atomic E-state index is 12.3. The first kappa shape index (κ1) is 15.3. The van der Waals surface area contributed by atoms with Gasteiger partial charge in [0.2, 0.25) is 11.8 Å². The summed E-state index contributed by atoms with van der Waals surface area (Å²) in [6.45, 7) is 5.55. The van der Waals surface area contributed by atoms with Crippen molar-refractivity contribution in [2.45, 2.75) is 39.7 Å². The molecule has 0 saturated heterocycles. The third-order valence-electron chi connectivity index (χ3n) is 3.69. The molecule has 1 aliphatic rings. The van der Waals surface area contributed by atoms with Crippen LogP contribution in [0.15, 0.2) is 5.16 Å². The smallest absolute Gasteiger partial charge is 0.240 e. The van der Waals surface area contributed by atoms with Crippen molar-refractivity contribution in [2.75, 3.05) is 0 Å². The van der Waals surface area contributed by atoms with E-state index in [0.29, 0.717) is 18.8 Å². The molecule has 0 aromatic rings. The van der Waals surface area contributed by atoms with E-state index in [-0.39, 0.29) is 11.8 Å². The summed E-state index contributed by atoms with van der Waals surface area (Å²) in [6.07, 6.45) is 0.997. The molecule has 6 N–H and O–H groups in total. The van der Waals surface area contributed by atoms with Gasteiger partial charge in [0.15, 0.2) is 5.84 Å². The molecule has 0 spiro atoms. The molecule has 0 bridgehead atoms. The minimum Gasteiger partial charge on any atom is -0.409 e. The number of amides is 2. The lowest BCUT2D eigenvalue weighted by atomic mass is 9.61. The number of rotatable bonds is 5. The van der Waals surface area contributed by atoms with Crippen molar-refractivity contribution in [1.29, 1.82) is 0 Å². The average molecular weight is 270 g/mol. The maximum Gasteiger partial charge on any atom is 0.240 e. The predicted octanol–water partition coefficient (Wildman–Crippen LogP) is -0.225. The molecule has 19 heavy (non-hydrogen) atoms. The number of oxime groups is 1. The monoisotopic (exact) mass is 270 g/mol. The fourth-order valence-electron chi connectivity index (χ4n) is 2.58. The van der Waals surface area contributed by atoms with E-state index in [0.717, 1.165) is 0 Å². The summed E-state index contributed by atoms with van der Waals surface area (Å²) in [5, 5.41) is 14.4. The normalized spacial score (nSPS) is 28.6. The summed E-state index contributed by atoms with van der Waals surface area (Å²) in [6, 6.07) is -0.758. The summed E-state index contributed by atoms with van der Waals surface area (Å²) in [7, 11) is 0. The van der Waals surface area contributed by atoms with Crippen molar-refractivity contribution in [3.05, 3.63) is 0 Å². The fourth-order valence-corrected chi connectivity index (χ4v) is 2.58. The Morgan fingerprint density at radius 2 is 1.89 bits per heavy atom. The molecule has 0 aromatic carbocycles. The Bertz CT molecular complexity index is 400. The summed E-state index contributed by atoms with van der Waals surface area (Å²) in [5.74, 6) is -0.917. The van der Waals surface area contributed by atoms with E-state index in [2.05, 4.69) is 10.5 Å². The molecule has 108 valence electrons. The lowest BCUT2D eigenvalue weighted by Crippen LogP contribution is -2.60. The fraction of sp³-hybridized carbons (Fsp3) is 0.750. The zero-order chi connectivity index (χ0) is 14.8. The maximum absolute atomic E-state index is 12.3. The Morgan fingerprint density at radius 1 is 1.37 bits per heavy atom. The number of carbonyl (C=O) groups excluding carboxylic acids is 2. The Labute approximate surface area is 112 Å². The van der Waals surface area contributed by atoms with Crippen molar-refractivity contribution in [2.24, 2.45) is 33.9 Å². The van der Waals surface area contributed by atoms with Crippen molar-refractivity contribution < 1.29 is 14.8 Å². The number of nitrogens with zero attached hydrogens (tertiary/aromatic N) is 1. The predicted molar refractivity (Wildman–Crippen MR) is 70.2 cm³/mol. The number of hydrogen-bond acceptors (Lipinski definition) is 4. The zero-order valence-corrected chi connectivity index (χ0v) is 11.5. The van der Waals surface area contributed by atoms with Crippen LogP contribution in [0.2, 0.25) is 0 Å². The van der Waals surface area contributed by atoms with Crippen molar-refractivity contribution >= 4 is 17.6 Å². The third kappa shape index (κ3) is 2.80. The van der Waals surface area contributed by atoms with Crippen LogP contribution in [0.5, 0.6) is 0 Å². The van der Waals surface area contributed by atoms with E-state index < -0.39 is 23.3 Å². The van der Waals surface area contributed by atoms with Crippen LogP contribution < -0.4 is 16.8 Å². The molecule has 0 heterocycles. The molecule has 1 rings (SSSR count). The minimum absolute atomic E-state index is 0.116. The molecule has 1 fully saturated rings. The van der Waals surface area contributed by atoms with Gasteiger partial charge in [-0.05, 0) is 24.7 Å². The van der Waals surface area contributed by atoms with Crippen LogP contribution in [0.1, 0.15) is 33.6 Å². The van der Waals surface area contributed by atoms with Crippen LogP contribution in [0, 0.1) is 17.3 Å². The highest BCUT2D eigenvalue weighted by atomic mass is 16.4. The second-order valence-electron chi connectivity index (χ2n) is 5.68. The first-order valence-corrected chi connectivity index (χ1v) is 6.33. The van der Waals surface area contributed by atoms with Crippen molar-refractivity contribution in [3.8, 4) is 0 Å². The first-order valence-electron chi connectivity index (χ1n) is 6.33. The highest BCUT2D eigenvalue weighted by Crippen LogP contribution is 2.46. The second-order valence-corrected chi connectivity index (χ2v) is 5.68. The molecule has 1 saturated carbocycles. The van der Waals surface area contributed by atoms with Gasteiger partial charge in [-0.25, -0.2) is 0 Å². The minimum atomic E-state index is -1.02. The molecule has 1 atom stereocenters. The first-order chi connectivity index (χ1) is 8.74. The summed E-state index contributed by atoms with van der Waals surface area (Å²) < 4.78 is 0. The standard InChI is InChI=1S/C12H22N4O3/c1-6(2)8(9(13)17)15-11(18)12(10(14)16-19)4-7(3)5-12/h6-8,19H,4-5H2,1-3H3,(H2,13,17)(H2,14,16)(H,15,18). The summed E-state index contributed by atoms with van der Waals surface area (Å²) in [5.41, 5.74) is 9.87. The number of amidine groups is 1. The Kier molecular flexibility index (Phi) is 4.39. The van der Waals surface area contributed by atoms with Crippen LogP contribution >= 0.6 is 0 Å². The largest absolute Gasteiger partial charge is 0.409 e. The van der Waals surface area contributed by atoms with Gasteiger partial charge in [0.25, 0.3) is 0 Å². The molecule has 0 aliphatic heterocycles. The topological polar surface area (TPSA) is 131 Å². The molecule has 7 heteroatoms. The molecule has 0 radical (unpaired) electrons. The number of hydrogen-bond donors (Lipinski definition) is 4. The molecule has 7 nitrogen and oxygen atoms in total. The van der Waals surface area contributed by atoms with E-state index in [9.17, 15) is 9.59 Å². The van der Waals surface area contributed by atoms with E-state index in [1.165, 1.54) is 0 Å². The van der Waals surface area contributed by atoms with Gasteiger partial charge in [-0.2, -0.15) is 0 Å². The number of carbonyl (C=O) groups is 2. The summed E-state index contributed by atoms with van der Waals surface area (Å²) in [4.78, 5) is 23.6. The number of nitrogens with two attached hydrogens (primary N) is 2. The van der Waals surface area contributed by atoms with Crippen LogP contribution in [0.4, 0.5) is 0 Å². The van der Waals surface area contributed by atoms with E-state index in [4.69, 9.17) is 16.7 Å². The molecule has 2 amide bonds. The summed E-state index contributed by atoms with van der Waals surface area (Å²) >= 11 is 0. The lowest BCUT2D eigenvalue weighted by molar-refractivity contribution is -0.137. The zero-order valence-electron chi connectivity index (χ0n) is 11.5. The molecule has 0 aromatic heterocycles. The SMILES string of the molecule is CC1CC(C(=O)NC(C(N)=O)C(C)C)(C(N)=NO)C1. The van der Waals surface area contributed by atoms with Gasteiger partial charge in [-0.15, -0.1) is 0 Å². The van der Waals surface area contributed by atoms with Crippen LogP contribution in [0.25, 0.3) is 0 Å². The Hall–Kier alpha value is -1.79. The number of nitrogens with one attached hydrogen (secondary N) is 1. The van der Waals surface area contributed by atoms with Crippen molar-refractivity contribution in [3.63, 3.8) is 0 Å². The van der Waals surface area contributed by atoms with Gasteiger partial charge >= 0.3 is 0 Å². The van der Waals surface area contributed by atoms with E-state index in [1.54, 1.807) is 13.8 Å².